The first-order valence-electron chi connectivity index (χ1n) is 5.60. The number of rotatable bonds is 3. The van der Waals surface area contributed by atoms with Crippen LogP contribution in [0.5, 0.6) is 0 Å². The Morgan fingerprint density at radius 2 is 2.00 bits per heavy atom. The molecule has 0 atom stereocenters. The van der Waals surface area contributed by atoms with Crippen LogP contribution in [0.1, 0.15) is 10.4 Å². The Kier molecular flexibility index (Phi) is 3.37. The van der Waals surface area contributed by atoms with Gasteiger partial charge in [0.05, 0.1) is 12.8 Å². The average Bonchev–Trinajstić information content (AvgIpc) is 2.77. The summed E-state index contributed by atoms with van der Waals surface area (Å²) in [5.41, 5.74) is 6.98. The molecule has 0 radical (unpaired) electrons. The topological polar surface area (TPSA) is 86.3 Å². The molecule has 7 heteroatoms. The number of anilines is 2. The summed E-state index contributed by atoms with van der Waals surface area (Å²) in [5.74, 6) is 0.185. The highest BCUT2D eigenvalue weighted by molar-refractivity contribution is 6.00. The lowest BCUT2D eigenvalue weighted by molar-refractivity contribution is 0.0602. The lowest BCUT2D eigenvalue weighted by atomic mass is 10.3. The van der Waals surface area contributed by atoms with Crippen molar-refractivity contribution in [1.29, 1.82) is 0 Å². The summed E-state index contributed by atoms with van der Waals surface area (Å²) in [6.45, 7) is 0. The number of ether oxygens (including phenoxy) is 1. The Bertz CT molecular complexity index is 592. The molecule has 0 unspecified atom stereocenters. The molecule has 7 nitrogen and oxygen atoms in total. The van der Waals surface area contributed by atoms with Gasteiger partial charge in [-0.15, -0.1) is 5.10 Å². The Morgan fingerprint density at radius 1 is 1.37 bits per heavy atom. The number of nitrogens with zero attached hydrogens (tertiary/aromatic N) is 4. The number of pyridine rings is 1. The summed E-state index contributed by atoms with van der Waals surface area (Å²) in [6.07, 6.45) is 3.26. The second-order valence-corrected chi connectivity index (χ2v) is 4.09. The Morgan fingerprint density at radius 3 is 2.53 bits per heavy atom. The van der Waals surface area contributed by atoms with E-state index in [1.54, 1.807) is 43.5 Å². The fourth-order valence-electron chi connectivity index (χ4n) is 1.71. The lowest BCUT2D eigenvalue weighted by Gasteiger charge is -2.09. The normalized spacial score (nSPS) is 10.3. The maximum absolute atomic E-state index is 11.8. The van der Waals surface area contributed by atoms with Gasteiger partial charge in [-0.25, -0.2) is 9.48 Å². The fraction of sp³-hybridized carbons (Fsp3) is 0.250. The molecule has 0 fully saturated rings. The zero-order valence-electron chi connectivity index (χ0n) is 11.0. The van der Waals surface area contributed by atoms with Crippen LogP contribution in [-0.2, 0) is 4.74 Å². The number of aromatic nitrogens is 3. The van der Waals surface area contributed by atoms with E-state index in [0.717, 1.165) is 5.69 Å². The van der Waals surface area contributed by atoms with Crippen LogP contribution in [0.15, 0.2) is 24.5 Å². The van der Waals surface area contributed by atoms with Gasteiger partial charge < -0.3 is 15.4 Å². The van der Waals surface area contributed by atoms with Gasteiger partial charge in [-0.2, -0.15) is 0 Å². The standard InChI is InChI=1S/C12H15N5O2/c1-16(2)11-9(12(18)19-3)10(13)17(15-11)8-4-6-14-7-5-8/h4-7H,13H2,1-3H3. The molecule has 0 spiro atoms. The molecule has 0 aliphatic carbocycles. The molecule has 2 aromatic rings. The minimum atomic E-state index is -0.512. The average molecular weight is 261 g/mol. The van der Waals surface area contributed by atoms with Crippen LogP contribution in [0.25, 0.3) is 5.69 Å². The van der Waals surface area contributed by atoms with E-state index in [2.05, 4.69) is 10.1 Å². The second kappa shape index (κ2) is 4.97. The Balaban J connectivity index is 2.62. The van der Waals surface area contributed by atoms with Crippen molar-refractivity contribution >= 4 is 17.6 Å². The van der Waals surface area contributed by atoms with Crippen molar-refractivity contribution in [2.75, 3.05) is 31.8 Å². The number of carbonyl (C=O) groups is 1. The molecular weight excluding hydrogens is 246 g/mol. The highest BCUT2D eigenvalue weighted by atomic mass is 16.5. The Labute approximate surface area is 110 Å². The van der Waals surface area contributed by atoms with E-state index in [4.69, 9.17) is 10.5 Å². The van der Waals surface area contributed by atoms with E-state index in [-0.39, 0.29) is 11.4 Å². The van der Waals surface area contributed by atoms with E-state index < -0.39 is 5.97 Å². The fourth-order valence-corrected chi connectivity index (χ4v) is 1.71. The summed E-state index contributed by atoms with van der Waals surface area (Å²) in [6, 6.07) is 3.51. The van der Waals surface area contributed by atoms with Gasteiger partial charge in [0.15, 0.2) is 5.82 Å². The predicted molar refractivity (Wildman–Crippen MR) is 71.4 cm³/mol. The third-order valence-corrected chi connectivity index (χ3v) is 2.62. The van der Waals surface area contributed by atoms with Crippen molar-refractivity contribution in [1.82, 2.24) is 14.8 Å². The van der Waals surface area contributed by atoms with E-state index in [1.165, 1.54) is 11.8 Å². The predicted octanol–water partition coefficient (Wildman–Crippen LogP) is 0.702. The van der Waals surface area contributed by atoms with Gasteiger partial charge in [-0.1, -0.05) is 0 Å². The molecule has 2 heterocycles. The molecule has 0 saturated carbocycles. The molecule has 0 amide bonds. The van der Waals surface area contributed by atoms with Crippen LogP contribution in [-0.4, -0.2) is 41.9 Å². The van der Waals surface area contributed by atoms with E-state index in [9.17, 15) is 4.79 Å². The highest BCUT2D eigenvalue weighted by Gasteiger charge is 2.24. The summed E-state index contributed by atoms with van der Waals surface area (Å²) >= 11 is 0. The number of hydrogen-bond acceptors (Lipinski definition) is 6. The van der Waals surface area contributed by atoms with Crippen LogP contribution in [0.2, 0.25) is 0 Å². The van der Waals surface area contributed by atoms with Crippen LogP contribution in [0.4, 0.5) is 11.6 Å². The number of esters is 1. The number of hydrogen-bond donors (Lipinski definition) is 1. The van der Waals surface area contributed by atoms with Gasteiger partial charge >= 0.3 is 5.97 Å². The van der Waals surface area contributed by atoms with Crippen molar-refractivity contribution in [2.24, 2.45) is 0 Å². The highest BCUT2D eigenvalue weighted by Crippen LogP contribution is 2.27. The quantitative estimate of drug-likeness (QED) is 0.818. The maximum Gasteiger partial charge on any atom is 0.345 e. The van der Waals surface area contributed by atoms with Crippen LogP contribution < -0.4 is 10.6 Å². The summed E-state index contributed by atoms with van der Waals surface area (Å²) in [7, 11) is 4.88. The zero-order chi connectivity index (χ0) is 14.0. The van der Waals surface area contributed by atoms with Gasteiger partial charge in [-0.05, 0) is 12.1 Å². The first-order valence-corrected chi connectivity index (χ1v) is 5.60. The van der Waals surface area contributed by atoms with E-state index >= 15 is 0 Å². The molecule has 100 valence electrons. The van der Waals surface area contributed by atoms with Gasteiger partial charge in [0.25, 0.3) is 0 Å². The molecular formula is C12H15N5O2. The number of nitrogens with two attached hydrogens (primary N) is 1. The van der Waals surface area contributed by atoms with E-state index in [1.807, 2.05) is 0 Å². The summed E-state index contributed by atoms with van der Waals surface area (Å²) in [5, 5.41) is 4.34. The van der Waals surface area contributed by atoms with Gasteiger partial charge in [-0.3, -0.25) is 4.98 Å². The van der Waals surface area contributed by atoms with Gasteiger partial charge in [0.2, 0.25) is 0 Å². The number of nitrogen functional groups attached to an aromatic ring is 1. The van der Waals surface area contributed by atoms with Crippen molar-refractivity contribution in [3.8, 4) is 5.69 Å². The molecule has 0 saturated heterocycles. The molecule has 19 heavy (non-hydrogen) atoms. The third kappa shape index (κ3) is 2.22. The SMILES string of the molecule is COC(=O)c1c(N(C)C)nn(-c2ccncc2)c1N. The minimum Gasteiger partial charge on any atom is -0.465 e. The van der Waals surface area contributed by atoms with Gasteiger partial charge in [0.1, 0.15) is 11.4 Å². The first kappa shape index (κ1) is 12.9. The molecule has 2 aromatic heterocycles. The van der Waals surface area contributed by atoms with Crippen molar-refractivity contribution in [2.45, 2.75) is 0 Å². The smallest absolute Gasteiger partial charge is 0.345 e. The Hall–Kier alpha value is -2.57. The van der Waals surface area contributed by atoms with Crippen LogP contribution in [0.3, 0.4) is 0 Å². The summed E-state index contributed by atoms with van der Waals surface area (Å²) < 4.78 is 6.24. The molecule has 0 bridgehead atoms. The maximum atomic E-state index is 11.8. The van der Waals surface area contributed by atoms with E-state index in [0.29, 0.717) is 5.82 Å². The van der Waals surface area contributed by atoms with Crippen LogP contribution in [0, 0.1) is 0 Å². The molecule has 2 rings (SSSR count). The summed E-state index contributed by atoms with van der Waals surface area (Å²) in [4.78, 5) is 17.5. The molecule has 0 aliphatic heterocycles. The van der Waals surface area contributed by atoms with Crippen LogP contribution >= 0.6 is 0 Å². The van der Waals surface area contributed by atoms with Crippen molar-refractivity contribution < 1.29 is 9.53 Å². The molecule has 0 aliphatic rings. The molecule has 2 N–H and O–H groups in total. The number of methoxy groups -OCH3 is 1. The number of carbonyl (C=O) groups excluding carboxylic acids is 1. The monoisotopic (exact) mass is 261 g/mol. The van der Waals surface area contributed by atoms with Crippen molar-refractivity contribution in [3.63, 3.8) is 0 Å². The largest absolute Gasteiger partial charge is 0.465 e. The second-order valence-electron chi connectivity index (χ2n) is 4.09. The third-order valence-electron chi connectivity index (χ3n) is 2.62. The minimum absolute atomic E-state index is 0.238. The van der Waals surface area contributed by atoms with Crippen molar-refractivity contribution in [3.05, 3.63) is 30.1 Å². The van der Waals surface area contributed by atoms with Gasteiger partial charge in [0, 0.05) is 26.5 Å². The lowest BCUT2D eigenvalue weighted by Crippen LogP contribution is -2.14. The molecule has 0 aromatic carbocycles. The first-order chi connectivity index (χ1) is 9.06. The zero-order valence-corrected chi connectivity index (χ0v) is 11.0.